The Morgan fingerprint density at radius 2 is 1.74 bits per heavy atom. The fourth-order valence-electron chi connectivity index (χ4n) is 3.35. The molecule has 0 atom stereocenters. The van der Waals surface area contributed by atoms with Gasteiger partial charge in [0.15, 0.2) is 17.3 Å². The number of methoxy groups -OCH3 is 1. The molecule has 0 unspecified atom stereocenters. The predicted octanol–water partition coefficient (Wildman–Crippen LogP) is 6.50. The number of ether oxygens (including phenoxy) is 2. The molecule has 1 fully saturated rings. The highest BCUT2D eigenvalue weighted by atomic mass is 35.5. The van der Waals surface area contributed by atoms with Crippen LogP contribution in [-0.2, 0) is 11.4 Å². The van der Waals surface area contributed by atoms with Crippen molar-refractivity contribution in [1.29, 1.82) is 0 Å². The maximum absolute atomic E-state index is 12.9. The van der Waals surface area contributed by atoms with Crippen LogP contribution in [0.1, 0.15) is 21.5 Å². The molecule has 0 N–H and O–H groups in total. The normalized spacial score (nSPS) is 14.5. The van der Waals surface area contributed by atoms with E-state index in [4.69, 9.17) is 32.7 Å². The third-order valence-corrected chi connectivity index (χ3v) is 6.56. The number of hydrogen-bond donors (Lipinski definition) is 0. The van der Waals surface area contributed by atoms with E-state index in [0.29, 0.717) is 39.3 Å². The first-order chi connectivity index (χ1) is 16.9. The minimum atomic E-state index is -0.554. The van der Waals surface area contributed by atoms with Crippen LogP contribution in [0.25, 0.3) is 6.08 Å². The SMILES string of the molecule is COc1cc(/C=C2\SC(=O)N(CC(=O)c3ccc(Cl)cc3)C2=O)cc(Cl)c1OCc1ccccc1. The Hall–Kier alpha value is -3.26. The van der Waals surface area contributed by atoms with Crippen molar-refractivity contribution in [2.75, 3.05) is 13.7 Å². The Morgan fingerprint density at radius 3 is 2.43 bits per heavy atom. The van der Waals surface area contributed by atoms with Crippen molar-refractivity contribution in [3.8, 4) is 11.5 Å². The van der Waals surface area contributed by atoms with Crippen LogP contribution < -0.4 is 9.47 Å². The van der Waals surface area contributed by atoms with Gasteiger partial charge in [0.05, 0.1) is 23.6 Å². The zero-order valence-electron chi connectivity index (χ0n) is 18.5. The maximum Gasteiger partial charge on any atom is 0.293 e. The Bertz CT molecular complexity index is 1310. The van der Waals surface area contributed by atoms with Crippen molar-refractivity contribution >= 4 is 58.0 Å². The van der Waals surface area contributed by atoms with E-state index in [-0.39, 0.29) is 17.2 Å². The standard InChI is InChI=1S/C26H19Cl2NO5S/c1-33-22-12-17(11-20(28)24(22)34-15-16-5-3-2-4-6-16)13-23-25(31)29(26(32)35-23)14-21(30)18-7-9-19(27)10-8-18/h2-13H,14-15H2,1H3/b23-13-. The van der Waals surface area contributed by atoms with Gasteiger partial charge in [-0.1, -0.05) is 53.5 Å². The average molecular weight is 528 g/mol. The van der Waals surface area contributed by atoms with Gasteiger partial charge in [0.25, 0.3) is 11.1 Å². The molecule has 1 saturated heterocycles. The molecule has 3 aromatic rings. The molecule has 4 rings (SSSR count). The molecule has 0 aliphatic carbocycles. The Labute approximate surface area is 216 Å². The Balaban J connectivity index is 1.51. The number of carbonyl (C=O) groups excluding carboxylic acids is 3. The molecular formula is C26H19Cl2NO5S. The number of rotatable bonds is 8. The number of hydrogen-bond acceptors (Lipinski definition) is 6. The van der Waals surface area contributed by atoms with Crippen LogP contribution in [0.15, 0.2) is 71.6 Å². The summed E-state index contributed by atoms with van der Waals surface area (Å²) in [6.45, 7) is -0.0587. The van der Waals surface area contributed by atoms with Crippen molar-refractivity contribution in [2.45, 2.75) is 6.61 Å². The minimum absolute atomic E-state index is 0.176. The first-order valence-corrected chi connectivity index (χ1v) is 12.0. The fourth-order valence-corrected chi connectivity index (χ4v) is 4.59. The summed E-state index contributed by atoms with van der Waals surface area (Å²) in [5.74, 6) is -0.162. The Morgan fingerprint density at radius 1 is 1.03 bits per heavy atom. The fraction of sp³-hybridized carbons (Fsp3) is 0.115. The first-order valence-electron chi connectivity index (χ1n) is 10.4. The van der Waals surface area contributed by atoms with Crippen LogP contribution >= 0.6 is 35.0 Å². The van der Waals surface area contributed by atoms with E-state index in [1.54, 1.807) is 36.4 Å². The molecule has 1 aliphatic heterocycles. The van der Waals surface area contributed by atoms with Crippen molar-refractivity contribution in [1.82, 2.24) is 4.90 Å². The van der Waals surface area contributed by atoms with Crippen LogP contribution in [0.5, 0.6) is 11.5 Å². The van der Waals surface area contributed by atoms with Gasteiger partial charge in [-0.3, -0.25) is 19.3 Å². The molecule has 1 aliphatic rings. The minimum Gasteiger partial charge on any atom is -0.493 e. The summed E-state index contributed by atoms with van der Waals surface area (Å²) in [6, 6.07) is 19.2. The van der Waals surface area contributed by atoms with Crippen LogP contribution in [0.3, 0.4) is 0 Å². The number of halogens is 2. The van der Waals surface area contributed by atoms with Crippen LogP contribution in [0.2, 0.25) is 10.0 Å². The molecule has 178 valence electrons. The molecule has 0 radical (unpaired) electrons. The van der Waals surface area contributed by atoms with Crippen molar-refractivity contribution < 1.29 is 23.9 Å². The average Bonchev–Trinajstić information content (AvgIpc) is 3.11. The topological polar surface area (TPSA) is 72.9 Å². The number of benzene rings is 3. The van der Waals surface area contributed by atoms with Crippen LogP contribution in [0, 0.1) is 0 Å². The van der Waals surface area contributed by atoms with E-state index in [2.05, 4.69) is 0 Å². The monoisotopic (exact) mass is 527 g/mol. The van der Waals surface area contributed by atoms with Crippen molar-refractivity contribution in [3.05, 3.63) is 98.4 Å². The molecule has 9 heteroatoms. The summed E-state index contributed by atoms with van der Waals surface area (Å²) >= 11 is 13.1. The second kappa shape index (κ2) is 11.0. The van der Waals surface area contributed by atoms with Gasteiger partial charge in [-0.05, 0) is 65.4 Å². The van der Waals surface area contributed by atoms with E-state index in [1.807, 2.05) is 30.3 Å². The number of ketones is 1. The third-order valence-electron chi connectivity index (χ3n) is 5.12. The van der Waals surface area contributed by atoms with E-state index in [9.17, 15) is 14.4 Å². The number of nitrogens with zero attached hydrogens (tertiary/aromatic N) is 1. The van der Waals surface area contributed by atoms with Crippen LogP contribution in [-0.4, -0.2) is 35.5 Å². The zero-order chi connectivity index (χ0) is 24.9. The van der Waals surface area contributed by atoms with Crippen LogP contribution in [0.4, 0.5) is 4.79 Å². The lowest BCUT2D eigenvalue weighted by Crippen LogP contribution is -2.33. The Kier molecular flexibility index (Phi) is 7.80. The third kappa shape index (κ3) is 5.88. The lowest BCUT2D eigenvalue weighted by atomic mass is 10.1. The van der Waals surface area contributed by atoms with Crippen molar-refractivity contribution in [3.63, 3.8) is 0 Å². The van der Waals surface area contributed by atoms with E-state index in [0.717, 1.165) is 22.2 Å². The number of carbonyl (C=O) groups is 3. The molecule has 0 bridgehead atoms. The molecule has 1 heterocycles. The van der Waals surface area contributed by atoms with E-state index in [1.165, 1.54) is 13.2 Å². The highest BCUT2D eigenvalue weighted by Gasteiger charge is 2.36. The molecule has 35 heavy (non-hydrogen) atoms. The van der Waals surface area contributed by atoms with Gasteiger partial charge in [-0.25, -0.2) is 0 Å². The molecule has 0 spiro atoms. The molecule has 2 amide bonds. The molecule has 0 aromatic heterocycles. The lowest BCUT2D eigenvalue weighted by Gasteiger charge is -2.14. The van der Waals surface area contributed by atoms with Gasteiger partial charge in [0.1, 0.15) is 6.61 Å². The second-order valence-electron chi connectivity index (χ2n) is 7.51. The molecule has 3 aromatic carbocycles. The van der Waals surface area contributed by atoms with Gasteiger partial charge in [0, 0.05) is 10.6 Å². The number of imide groups is 1. The predicted molar refractivity (Wildman–Crippen MR) is 137 cm³/mol. The number of Topliss-reactive ketones (excluding diaryl/α,β-unsaturated/α-hetero) is 1. The summed E-state index contributed by atoms with van der Waals surface area (Å²) in [6.07, 6.45) is 1.53. The zero-order valence-corrected chi connectivity index (χ0v) is 20.8. The highest BCUT2D eigenvalue weighted by Crippen LogP contribution is 2.39. The van der Waals surface area contributed by atoms with Gasteiger partial charge in [-0.15, -0.1) is 0 Å². The number of amides is 2. The molecular weight excluding hydrogens is 509 g/mol. The summed E-state index contributed by atoms with van der Waals surface area (Å²) in [4.78, 5) is 38.9. The van der Waals surface area contributed by atoms with Crippen molar-refractivity contribution in [2.24, 2.45) is 0 Å². The van der Waals surface area contributed by atoms with E-state index >= 15 is 0 Å². The smallest absolute Gasteiger partial charge is 0.293 e. The second-order valence-corrected chi connectivity index (χ2v) is 9.34. The first kappa shape index (κ1) is 24.9. The van der Waals surface area contributed by atoms with E-state index < -0.39 is 11.1 Å². The quantitative estimate of drug-likeness (QED) is 0.246. The molecule has 6 nitrogen and oxygen atoms in total. The summed E-state index contributed by atoms with van der Waals surface area (Å²) in [5, 5.41) is 0.259. The summed E-state index contributed by atoms with van der Waals surface area (Å²) < 4.78 is 11.3. The summed E-state index contributed by atoms with van der Waals surface area (Å²) in [5.41, 5.74) is 1.88. The molecule has 0 saturated carbocycles. The van der Waals surface area contributed by atoms with Gasteiger partial charge >= 0.3 is 0 Å². The largest absolute Gasteiger partial charge is 0.493 e. The number of thioether (sulfide) groups is 1. The van der Waals surface area contributed by atoms with Gasteiger partial charge < -0.3 is 9.47 Å². The maximum atomic E-state index is 12.9. The lowest BCUT2D eigenvalue weighted by molar-refractivity contribution is -0.122. The van der Waals surface area contributed by atoms with Gasteiger partial charge in [-0.2, -0.15) is 0 Å². The highest BCUT2D eigenvalue weighted by molar-refractivity contribution is 8.18. The van der Waals surface area contributed by atoms with Gasteiger partial charge in [0.2, 0.25) is 0 Å². The summed E-state index contributed by atoms with van der Waals surface area (Å²) in [7, 11) is 1.49.